The van der Waals surface area contributed by atoms with Crippen LogP contribution in [0.4, 0.5) is 0 Å². The lowest BCUT2D eigenvalue weighted by atomic mass is 9.82. The molecule has 1 aliphatic carbocycles. The van der Waals surface area contributed by atoms with E-state index < -0.39 is 0 Å². The molecular formula is C21H19N3O2. The van der Waals surface area contributed by atoms with Gasteiger partial charge in [0.15, 0.2) is 5.78 Å². The van der Waals surface area contributed by atoms with Gasteiger partial charge in [0.2, 0.25) is 5.96 Å². The van der Waals surface area contributed by atoms with Crippen LogP contribution in [0.2, 0.25) is 0 Å². The number of aliphatic imine (C=N–C) groups is 2. The summed E-state index contributed by atoms with van der Waals surface area (Å²) in [5.74, 6) is 1.27. The molecule has 4 rings (SSSR count). The number of nitrogens with zero attached hydrogens (tertiary/aromatic N) is 3. The number of ketones is 1. The number of carbonyl (C=O) groups is 1. The number of aryl methyl sites for hydroxylation is 1. The van der Waals surface area contributed by atoms with Gasteiger partial charge < -0.3 is 9.64 Å². The van der Waals surface area contributed by atoms with E-state index in [0.717, 1.165) is 22.4 Å². The number of carbonyl (C=O) groups excluding carboxylic acids is 1. The minimum atomic E-state index is -0.0327. The molecule has 2 aliphatic rings. The van der Waals surface area contributed by atoms with Crippen LogP contribution in [0.15, 0.2) is 58.1 Å². The first-order valence-electron chi connectivity index (χ1n) is 8.39. The van der Waals surface area contributed by atoms with E-state index in [1.165, 1.54) is 0 Å². The molecule has 0 aromatic heterocycles. The number of allylic oxidation sites excluding steroid dienone is 2. The zero-order valence-corrected chi connectivity index (χ0v) is 15.2. The first-order chi connectivity index (χ1) is 12.5. The molecule has 5 nitrogen and oxygen atoms in total. The molecule has 0 amide bonds. The maximum absolute atomic E-state index is 13.4. The quantitative estimate of drug-likeness (QED) is 0.839. The Balaban J connectivity index is 2.03. The third-order valence-corrected chi connectivity index (χ3v) is 4.65. The van der Waals surface area contributed by atoms with Crippen molar-refractivity contribution in [1.29, 1.82) is 0 Å². The van der Waals surface area contributed by atoms with Gasteiger partial charge in [-0.1, -0.05) is 30.3 Å². The van der Waals surface area contributed by atoms with Gasteiger partial charge in [0, 0.05) is 25.2 Å². The van der Waals surface area contributed by atoms with Gasteiger partial charge in [-0.3, -0.25) is 4.79 Å². The van der Waals surface area contributed by atoms with Gasteiger partial charge in [-0.25, -0.2) is 9.98 Å². The first kappa shape index (κ1) is 16.3. The highest BCUT2D eigenvalue weighted by molar-refractivity contribution is 6.43. The minimum Gasteiger partial charge on any atom is -0.497 e. The number of ether oxygens (including phenoxy) is 1. The number of methoxy groups -OCH3 is 1. The number of fused-ring (bicyclic) bond motifs is 3. The molecule has 0 bridgehead atoms. The van der Waals surface area contributed by atoms with Crippen molar-refractivity contribution >= 4 is 23.0 Å². The summed E-state index contributed by atoms with van der Waals surface area (Å²) in [5, 5.41) is 0. The zero-order valence-electron chi connectivity index (χ0n) is 15.2. The van der Waals surface area contributed by atoms with Gasteiger partial charge in [-0.05, 0) is 30.2 Å². The Labute approximate surface area is 152 Å². The van der Waals surface area contributed by atoms with Crippen molar-refractivity contribution in [3.63, 3.8) is 0 Å². The number of Topliss-reactive ketones (excluding diaryl/α,β-unsaturated/α-hetero) is 1. The molecule has 0 fully saturated rings. The van der Waals surface area contributed by atoms with Gasteiger partial charge in [-0.15, -0.1) is 0 Å². The molecular weight excluding hydrogens is 326 g/mol. The third kappa shape index (κ3) is 2.36. The van der Waals surface area contributed by atoms with E-state index in [1.807, 2.05) is 68.4 Å². The highest BCUT2D eigenvalue weighted by atomic mass is 16.5. The van der Waals surface area contributed by atoms with Crippen LogP contribution in [0.5, 0.6) is 5.75 Å². The Morgan fingerprint density at radius 1 is 0.962 bits per heavy atom. The number of rotatable bonds is 2. The Hall–Kier alpha value is -3.21. The van der Waals surface area contributed by atoms with Gasteiger partial charge in [-0.2, -0.15) is 0 Å². The van der Waals surface area contributed by atoms with Crippen LogP contribution in [0, 0.1) is 6.92 Å². The summed E-state index contributed by atoms with van der Waals surface area (Å²) in [5.41, 5.74) is 5.27. The van der Waals surface area contributed by atoms with Gasteiger partial charge in [0.25, 0.3) is 0 Å². The fourth-order valence-corrected chi connectivity index (χ4v) is 3.27. The van der Waals surface area contributed by atoms with E-state index in [4.69, 9.17) is 4.74 Å². The minimum absolute atomic E-state index is 0.0327. The molecule has 0 saturated carbocycles. The Kier molecular flexibility index (Phi) is 3.72. The molecule has 0 unspecified atom stereocenters. The Bertz CT molecular complexity index is 1030. The third-order valence-electron chi connectivity index (χ3n) is 4.65. The topological polar surface area (TPSA) is 54.3 Å². The standard InChI is InChI=1S/C21H19N3O2/c1-12-9-10-13(26-4)11-16(12)17-19-18(22-21(23-19)24(2)3)14-7-5-6-8-15(14)20(17)25/h5-11H,1-4H3. The summed E-state index contributed by atoms with van der Waals surface area (Å²) in [7, 11) is 5.41. The van der Waals surface area contributed by atoms with Gasteiger partial charge >= 0.3 is 0 Å². The molecule has 130 valence electrons. The predicted octanol–water partition coefficient (Wildman–Crippen LogP) is 3.33. The van der Waals surface area contributed by atoms with Crippen molar-refractivity contribution in [1.82, 2.24) is 4.90 Å². The maximum atomic E-state index is 13.4. The molecule has 2 aromatic carbocycles. The lowest BCUT2D eigenvalue weighted by Gasteiger charge is -2.20. The van der Waals surface area contributed by atoms with E-state index in [9.17, 15) is 4.79 Å². The van der Waals surface area contributed by atoms with Crippen molar-refractivity contribution in [3.05, 3.63) is 70.4 Å². The maximum Gasteiger partial charge on any atom is 0.226 e. The summed E-state index contributed by atoms with van der Waals surface area (Å²) < 4.78 is 5.37. The number of benzene rings is 2. The summed E-state index contributed by atoms with van der Waals surface area (Å²) in [6.07, 6.45) is 0. The molecule has 2 aromatic rings. The lowest BCUT2D eigenvalue weighted by molar-refractivity contribution is 0.105. The lowest BCUT2D eigenvalue weighted by Crippen LogP contribution is -2.20. The zero-order chi connectivity index (χ0) is 18.4. The van der Waals surface area contributed by atoms with Crippen molar-refractivity contribution in [3.8, 4) is 5.75 Å². The molecule has 5 heteroatoms. The normalized spacial score (nSPS) is 15.3. The van der Waals surface area contributed by atoms with Crippen LogP contribution < -0.4 is 4.74 Å². The van der Waals surface area contributed by atoms with Crippen molar-refractivity contribution < 1.29 is 9.53 Å². The smallest absolute Gasteiger partial charge is 0.226 e. The van der Waals surface area contributed by atoms with Crippen molar-refractivity contribution in [2.75, 3.05) is 21.2 Å². The summed E-state index contributed by atoms with van der Waals surface area (Å²) in [6.45, 7) is 1.98. The highest BCUT2D eigenvalue weighted by Crippen LogP contribution is 2.38. The molecule has 1 heterocycles. The van der Waals surface area contributed by atoms with E-state index >= 15 is 0 Å². The summed E-state index contributed by atoms with van der Waals surface area (Å²) in [4.78, 5) is 24.6. The van der Waals surface area contributed by atoms with Crippen LogP contribution in [-0.4, -0.2) is 43.6 Å². The van der Waals surface area contributed by atoms with Gasteiger partial charge in [0.1, 0.15) is 17.2 Å². The Morgan fingerprint density at radius 3 is 2.38 bits per heavy atom. The SMILES string of the molecule is COc1ccc(C)c(C2=C3N=C(N(C)C)N=C3c3ccccc3C2=O)c1. The molecule has 0 saturated heterocycles. The molecule has 0 radical (unpaired) electrons. The molecule has 1 aliphatic heterocycles. The fraction of sp³-hybridized carbons (Fsp3) is 0.190. The molecule has 0 spiro atoms. The number of hydrogen-bond donors (Lipinski definition) is 0. The Morgan fingerprint density at radius 2 is 1.69 bits per heavy atom. The van der Waals surface area contributed by atoms with E-state index in [2.05, 4.69) is 9.98 Å². The second kappa shape index (κ2) is 5.95. The molecule has 26 heavy (non-hydrogen) atoms. The van der Waals surface area contributed by atoms with Crippen molar-refractivity contribution in [2.24, 2.45) is 9.98 Å². The summed E-state index contributed by atoms with van der Waals surface area (Å²) >= 11 is 0. The van der Waals surface area contributed by atoms with Crippen LogP contribution in [0.3, 0.4) is 0 Å². The average molecular weight is 345 g/mol. The van der Waals surface area contributed by atoms with Crippen LogP contribution in [0.25, 0.3) is 5.57 Å². The van der Waals surface area contributed by atoms with Gasteiger partial charge in [0.05, 0.1) is 12.7 Å². The molecule has 0 N–H and O–H groups in total. The summed E-state index contributed by atoms with van der Waals surface area (Å²) in [6, 6.07) is 13.3. The average Bonchev–Trinajstić information content (AvgIpc) is 3.09. The van der Waals surface area contributed by atoms with Crippen LogP contribution >= 0.6 is 0 Å². The second-order valence-corrected chi connectivity index (χ2v) is 6.55. The van der Waals surface area contributed by atoms with E-state index in [1.54, 1.807) is 7.11 Å². The second-order valence-electron chi connectivity index (χ2n) is 6.55. The highest BCUT2D eigenvalue weighted by Gasteiger charge is 2.35. The molecule has 0 atom stereocenters. The number of guanidine groups is 1. The number of hydrogen-bond acceptors (Lipinski definition) is 5. The van der Waals surface area contributed by atoms with Crippen LogP contribution in [0.1, 0.15) is 27.0 Å². The van der Waals surface area contributed by atoms with Crippen molar-refractivity contribution in [2.45, 2.75) is 6.92 Å². The largest absolute Gasteiger partial charge is 0.497 e. The van der Waals surface area contributed by atoms with Crippen LogP contribution in [-0.2, 0) is 0 Å². The van der Waals surface area contributed by atoms with E-state index in [-0.39, 0.29) is 5.78 Å². The van der Waals surface area contributed by atoms with E-state index in [0.29, 0.717) is 28.5 Å². The fourth-order valence-electron chi connectivity index (χ4n) is 3.27. The first-order valence-corrected chi connectivity index (χ1v) is 8.39. The monoisotopic (exact) mass is 345 g/mol. The predicted molar refractivity (Wildman–Crippen MR) is 103 cm³/mol.